The van der Waals surface area contributed by atoms with Crippen LogP contribution in [-0.4, -0.2) is 19.3 Å². The molecule has 0 unspecified atom stereocenters. The van der Waals surface area contributed by atoms with E-state index in [1.165, 1.54) is 0 Å². The Morgan fingerprint density at radius 3 is 2.55 bits per heavy atom. The first kappa shape index (κ1) is 19.8. The maximum Gasteiger partial charge on any atom is 0.302 e. The van der Waals surface area contributed by atoms with Crippen molar-refractivity contribution in [3.63, 3.8) is 0 Å². The predicted molar refractivity (Wildman–Crippen MR) is 118 cm³/mol. The summed E-state index contributed by atoms with van der Waals surface area (Å²) in [5.74, 6) is 0.553. The van der Waals surface area contributed by atoms with Gasteiger partial charge in [-0.3, -0.25) is 4.57 Å². The molecule has 0 fully saturated rings. The molecule has 0 aliphatic carbocycles. The summed E-state index contributed by atoms with van der Waals surface area (Å²) in [6.45, 7) is 6.15. The van der Waals surface area contributed by atoms with Crippen molar-refractivity contribution in [1.82, 2.24) is 19.3 Å². The van der Waals surface area contributed by atoms with Crippen molar-refractivity contribution in [3.8, 4) is 17.4 Å². The molecule has 0 atom stereocenters. The zero-order valence-electron chi connectivity index (χ0n) is 16.8. The van der Waals surface area contributed by atoms with Crippen molar-refractivity contribution in [1.29, 1.82) is 0 Å². The number of imidazole rings is 1. The fourth-order valence-corrected chi connectivity index (χ4v) is 4.14. The molecule has 2 aromatic carbocycles. The van der Waals surface area contributed by atoms with E-state index < -0.39 is 0 Å². The lowest BCUT2D eigenvalue weighted by molar-refractivity contribution is 0.425. The highest BCUT2D eigenvalue weighted by Gasteiger charge is 2.18. The zero-order chi connectivity index (χ0) is 20.7. The van der Waals surface area contributed by atoms with Crippen LogP contribution < -0.4 is 4.74 Å². The highest BCUT2D eigenvalue weighted by Crippen LogP contribution is 2.36. The van der Waals surface area contributed by atoms with E-state index in [2.05, 4.69) is 31.0 Å². The van der Waals surface area contributed by atoms with Crippen molar-refractivity contribution in [2.24, 2.45) is 7.05 Å². The summed E-state index contributed by atoms with van der Waals surface area (Å²) in [6.07, 6.45) is 1.79. The Balaban J connectivity index is 1.86. The van der Waals surface area contributed by atoms with E-state index in [0.717, 1.165) is 46.5 Å². The zero-order valence-corrected chi connectivity index (χ0v) is 18.3. The predicted octanol–water partition coefficient (Wildman–Crippen LogP) is 6.29. The molecule has 7 heteroatoms. The molecule has 0 aliphatic heterocycles. The Morgan fingerprint density at radius 1 is 1.07 bits per heavy atom. The maximum absolute atomic E-state index is 6.36. The van der Waals surface area contributed by atoms with Gasteiger partial charge in [0.25, 0.3) is 0 Å². The number of fused-ring (bicyclic) bond motifs is 1. The number of hydrogen-bond donors (Lipinski definition) is 0. The Bertz CT molecular complexity index is 1190. The molecule has 0 aliphatic rings. The molecule has 2 heterocycles. The summed E-state index contributed by atoms with van der Waals surface area (Å²) < 4.78 is 10.1. The van der Waals surface area contributed by atoms with E-state index in [9.17, 15) is 0 Å². The van der Waals surface area contributed by atoms with Gasteiger partial charge in [0.15, 0.2) is 5.75 Å². The number of para-hydroxylation sites is 1. The topological polar surface area (TPSA) is 44.9 Å². The Hall–Kier alpha value is -2.50. The van der Waals surface area contributed by atoms with E-state index in [-0.39, 0.29) is 0 Å². The first-order chi connectivity index (χ1) is 13.9. The average molecular weight is 429 g/mol. The van der Waals surface area contributed by atoms with Crippen LogP contribution in [0.5, 0.6) is 11.8 Å². The Morgan fingerprint density at radius 2 is 1.86 bits per heavy atom. The van der Waals surface area contributed by atoms with Gasteiger partial charge in [0.2, 0.25) is 0 Å². The molecule has 29 heavy (non-hydrogen) atoms. The smallest absolute Gasteiger partial charge is 0.302 e. The van der Waals surface area contributed by atoms with Crippen LogP contribution in [0.15, 0.2) is 36.4 Å². The third kappa shape index (κ3) is 3.49. The second-order valence-corrected chi connectivity index (χ2v) is 7.82. The van der Waals surface area contributed by atoms with Crippen molar-refractivity contribution < 1.29 is 4.74 Å². The quantitative estimate of drug-likeness (QED) is 0.375. The number of ether oxygens (including phenoxy) is 1. The van der Waals surface area contributed by atoms with Crippen molar-refractivity contribution in [2.75, 3.05) is 0 Å². The molecule has 4 rings (SSSR count). The average Bonchev–Trinajstić information content (AvgIpc) is 3.25. The summed E-state index contributed by atoms with van der Waals surface area (Å²) in [7, 11) is 1.93. The molecule has 2 aromatic heterocycles. The highest BCUT2D eigenvalue weighted by atomic mass is 35.5. The van der Waals surface area contributed by atoms with Crippen LogP contribution in [-0.2, 0) is 19.9 Å². The van der Waals surface area contributed by atoms with Crippen LogP contribution in [0.2, 0.25) is 10.0 Å². The van der Waals surface area contributed by atoms with Gasteiger partial charge >= 0.3 is 6.01 Å². The molecule has 0 saturated heterocycles. The normalized spacial score (nSPS) is 11.4. The number of hydrogen-bond acceptors (Lipinski definition) is 3. The minimum absolute atomic E-state index is 0.454. The number of rotatable bonds is 5. The molecule has 0 bridgehead atoms. The van der Waals surface area contributed by atoms with Crippen molar-refractivity contribution >= 4 is 34.2 Å². The number of benzene rings is 2. The molecular formula is C22H22Cl2N4O. The lowest BCUT2D eigenvalue weighted by Crippen LogP contribution is -2.04. The van der Waals surface area contributed by atoms with E-state index in [4.69, 9.17) is 33.0 Å². The summed E-state index contributed by atoms with van der Waals surface area (Å²) in [5, 5.41) is 5.82. The first-order valence-corrected chi connectivity index (χ1v) is 10.4. The Labute approximate surface area is 179 Å². The van der Waals surface area contributed by atoms with Crippen molar-refractivity contribution in [2.45, 2.75) is 33.6 Å². The highest BCUT2D eigenvalue weighted by molar-refractivity contribution is 6.35. The monoisotopic (exact) mass is 428 g/mol. The molecule has 4 aromatic rings. The molecule has 0 amide bonds. The van der Waals surface area contributed by atoms with Gasteiger partial charge in [-0.25, -0.2) is 4.68 Å². The molecule has 0 N–H and O–H groups in total. The molecule has 5 nitrogen and oxygen atoms in total. The summed E-state index contributed by atoms with van der Waals surface area (Å²) in [5.41, 5.74) is 5.84. The van der Waals surface area contributed by atoms with Crippen LogP contribution in [0.4, 0.5) is 0 Å². The minimum atomic E-state index is 0.454. The van der Waals surface area contributed by atoms with Gasteiger partial charge in [0, 0.05) is 17.8 Å². The number of nitrogens with zero attached hydrogens (tertiary/aromatic N) is 4. The van der Waals surface area contributed by atoms with Gasteiger partial charge in [0.1, 0.15) is 0 Å². The summed E-state index contributed by atoms with van der Waals surface area (Å²) in [6, 6.07) is 12.1. The SMILES string of the molecule is CCc1cc(CC)n(-c2cccc3nc(Oc4c(C)cc(Cl)cc4Cl)n(C)c23)n1. The van der Waals surface area contributed by atoms with Crippen LogP contribution in [0.3, 0.4) is 0 Å². The number of aromatic nitrogens is 4. The van der Waals surface area contributed by atoms with E-state index in [1.54, 1.807) is 6.07 Å². The van der Waals surface area contributed by atoms with Gasteiger partial charge in [-0.1, -0.05) is 43.1 Å². The lowest BCUT2D eigenvalue weighted by atomic mass is 10.2. The van der Waals surface area contributed by atoms with Gasteiger partial charge in [-0.05, 0) is 55.7 Å². The summed E-state index contributed by atoms with van der Waals surface area (Å²) in [4.78, 5) is 4.69. The second kappa shape index (κ2) is 7.73. The third-order valence-electron chi connectivity index (χ3n) is 5.01. The minimum Gasteiger partial charge on any atom is -0.424 e. The van der Waals surface area contributed by atoms with Crippen LogP contribution in [0, 0.1) is 6.92 Å². The maximum atomic E-state index is 6.36. The summed E-state index contributed by atoms with van der Waals surface area (Å²) >= 11 is 12.4. The second-order valence-electron chi connectivity index (χ2n) is 6.98. The van der Waals surface area contributed by atoms with E-state index in [0.29, 0.717) is 21.8 Å². The fourth-order valence-electron chi connectivity index (χ4n) is 3.51. The van der Waals surface area contributed by atoms with Crippen LogP contribution in [0.25, 0.3) is 16.7 Å². The van der Waals surface area contributed by atoms with E-state index in [1.807, 2.05) is 41.4 Å². The molecule has 0 radical (unpaired) electrons. The van der Waals surface area contributed by atoms with Crippen LogP contribution in [0.1, 0.15) is 30.8 Å². The Kier molecular flexibility index (Phi) is 5.28. The lowest BCUT2D eigenvalue weighted by Gasteiger charge is -2.12. The molecular weight excluding hydrogens is 407 g/mol. The van der Waals surface area contributed by atoms with Gasteiger partial charge < -0.3 is 4.74 Å². The van der Waals surface area contributed by atoms with Gasteiger partial charge in [-0.2, -0.15) is 10.1 Å². The molecule has 150 valence electrons. The molecule has 0 saturated carbocycles. The largest absolute Gasteiger partial charge is 0.424 e. The van der Waals surface area contributed by atoms with Crippen molar-refractivity contribution in [3.05, 3.63) is 63.4 Å². The van der Waals surface area contributed by atoms with Gasteiger partial charge in [0.05, 0.1) is 27.4 Å². The first-order valence-electron chi connectivity index (χ1n) is 9.60. The number of aryl methyl sites for hydroxylation is 4. The fraction of sp³-hybridized carbons (Fsp3) is 0.273. The van der Waals surface area contributed by atoms with Crippen LogP contribution >= 0.6 is 23.2 Å². The van der Waals surface area contributed by atoms with E-state index >= 15 is 0 Å². The third-order valence-corrected chi connectivity index (χ3v) is 5.50. The number of halogens is 2. The van der Waals surface area contributed by atoms with Gasteiger partial charge in [-0.15, -0.1) is 0 Å². The standard InChI is InChI=1S/C22H22Cl2N4O/c1-5-15-12-16(6-2)28(26-15)19-9-7-8-18-20(19)27(4)22(25-18)29-21-13(3)10-14(23)11-17(21)24/h7-12H,5-6H2,1-4H3. The molecule has 0 spiro atoms.